The molecule has 0 aliphatic rings. The van der Waals surface area contributed by atoms with Gasteiger partial charge in [0, 0.05) is 16.6 Å². The van der Waals surface area contributed by atoms with Gasteiger partial charge >= 0.3 is 0 Å². The van der Waals surface area contributed by atoms with Crippen molar-refractivity contribution in [2.24, 2.45) is 0 Å². The number of benzene rings is 2. The number of carbonyl (C=O) groups is 1. The molecule has 0 unspecified atom stereocenters. The molecule has 6 nitrogen and oxygen atoms in total. The lowest BCUT2D eigenvalue weighted by atomic mass is 10.1. The summed E-state index contributed by atoms with van der Waals surface area (Å²) >= 11 is 1.68. The standard InChI is InChI=1S/C20H23N5OS/c1-15(16-4-8-18(9-5-16)25-14-21-13-22-25)24(2)12-20(26)23-17-6-10-19(27-3)11-7-17/h4-11,13-15H,12H2,1-3H3,(H,23,26)/t15-/m0/s1. The van der Waals surface area contributed by atoms with Crippen molar-refractivity contribution in [2.45, 2.75) is 17.9 Å². The van der Waals surface area contributed by atoms with E-state index in [0.29, 0.717) is 6.54 Å². The normalized spacial score (nSPS) is 12.1. The van der Waals surface area contributed by atoms with Crippen LogP contribution in [0.3, 0.4) is 0 Å². The van der Waals surface area contributed by atoms with Crippen LogP contribution in [-0.2, 0) is 4.79 Å². The van der Waals surface area contributed by atoms with Crippen LogP contribution >= 0.6 is 11.8 Å². The van der Waals surface area contributed by atoms with Crippen LogP contribution in [0.4, 0.5) is 5.69 Å². The molecule has 1 aromatic heterocycles. The predicted molar refractivity (Wildman–Crippen MR) is 109 cm³/mol. The lowest BCUT2D eigenvalue weighted by molar-refractivity contribution is -0.117. The van der Waals surface area contributed by atoms with Gasteiger partial charge in [0.1, 0.15) is 12.7 Å². The predicted octanol–water partition coefficient (Wildman–Crippen LogP) is 3.62. The number of amides is 1. The van der Waals surface area contributed by atoms with Gasteiger partial charge in [-0.3, -0.25) is 9.69 Å². The zero-order valence-electron chi connectivity index (χ0n) is 15.7. The van der Waals surface area contributed by atoms with Gasteiger partial charge < -0.3 is 5.32 Å². The minimum Gasteiger partial charge on any atom is -0.325 e. The lowest BCUT2D eigenvalue weighted by Gasteiger charge is -2.24. The summed E-state index contributed by atoms with van der Waals surface area (Å²) in [4.78, 5) is 19.5. The largest absolute Gasteiger partial charge is 0.325 e. The molecule has 1 atom stereocenters. The van der Waals surface area contributed by atoms with Crippen molar-refractivity contribution in [3.63, 3.8) is 0 Å². The van der Waals surface area contributed by atoms with Gasteiger partial charge in [0.25, 0.3) is 0 Å². The highest BCUT2D eigenvalue weighted by molar-refractivity contribution is 7.98. The van der Waals surface area contributed by atoms with Gasteiger partial charge in [0.15, 0.2) is 0 Å². The number of thioether (sulfide) groups is 1. The molecule has 0 radical (unpaired) electrons. The number of nitrogens with zero attached hydrogens (tertiary/aromatic N) is 4. The number of hydrogen-bond acceptors (Lipinski definition) is 5. The molecule has 27 heavy (non-hydrogen) atoms. The van der Waals surface area contributed by atoms with E-state index < -0.39 is 0 Å². The van der Waals surface area contributed by atoms with Crippen LogP contribution in [-0.4, -0.2) is 45.4 Å². The van der Waals surface area contributed by atoms with Gasteiger partial charge in [0.05, 0.1) is 12.2 Å². The molecule has 0 saturated carbocycles. The lowest BCUT2D eigenvalue weighted by Crippen LogP contribution is -2.32. The zero-order valence-corrected chi connectivity index (χ0v) is 16.5. The molecule has 0 aliphatic heterocycles. The van der Waals surface area contributed by atoms with Gasteiger partial charge in [0.2, 0.25) is 5.91 Å². The van der Waals surface area contributed by atoms with Gasteiger partial charge in [-0.15, -0.1) is 11.8 Å². The Morgan fingerprint density at radius 3 is 2.48 bits per heavy atom. The van der Waals surface area contributed by atoms with E-state index in [-0.39, 0.29) is 11.9 Å². The van der Waals surface area contributed by atoms with Gasteiger partial charge in [-0.25, -0.2) is 9.67 Å². The van der Waals surface area contributed by atoms with Crippen LogP contribution in [0.15, 0.2) is 66.1 Å². The highest BCUT2D eigenvalue weighted by Crippen LogP contribution is 2.21. The van der Waals surface area contributed by atoms with Crippen molar-refractivity contribution in [2.75, 3.05) is 25.2 Å². The Hall–Kier alpha value is -2.64. The van der Waals surface area contributed by atoms with E-state index in [1.807, 2.05) is 54.6 Å². The van der Waals surface area contributed by atoms with Gasteiger partial charge in [-0.1, -0.05) is 12.1 Å². The van der Waals surface area contributed by atoms with E-state index in [0.717, 1.165) is 16.9 Å². The van der Waals surface area contributed by atoms with Crippen LogP contribution in [0, 0.1) is 0 Å². The SMILES string of the molecule is CSc1ccc(NC(=O)CN(C)[C@@H](C)c2ccc(-n3cncn3)cc2)cc1. The number of hydrogen-bond donors (Lipinski definition) is 1. The summed E-state index contributed by atoms with van der Waals surface area (Å²) in [5, 5.41) is 7.08. The molecule has 0 aliphatic carbocycles. The van der Waals surface area contributed by atoms with Crippen LogP contribution in [0.2, 0.25) is 0 Å². The second kappa shape index (κ2) is 8.83. The summed E-state index contributed by atoms with van der Waals surface area (Å²) in [6, 6.07) is 16.1. The van der Waals surface area contributed by atoms with Crippen molar-refractivity contribution in [1.29, 1.82) is 0 Å². The third-order valence-electron chi connectivity index (χ3n) is 4.49. The smallest absolute Gasteiger partial charge is 0.238 e. The number of anilines is 1. The fourth-order valence-corrected chi connectivity index (χ4v) is 3.15. The maximum atomic E-state index is 12.3. The Bertz CT molecular complexity index is 862. The number of nitrogens with one attached hydrogen (secondary N) is 1. The summed E-state index contributed by atoms with van der Waals surface area (Å²) in [5.41, 5.74) is 2.91. The number of carbonyl (C=O) groups excluding carboxylic acids is 1. The molecule has 2 aromatic carbocycles. The van der Waals surface area contributed by atoms with E-state index in [1.165, 1.54) is 11.2 Å². The van der Waals surface area contributed by atoms with Crippen molar-refractivity contribution >= 4 is 23.4 Å². The highest BCUT2D eigenvalue weighted by Gasteiger charge is 2.15. The topological polar surface area (TPSA) is 63.1 Å². The minimum atomic E-state index is -0.0273. The molecule has 0 bridgehead atoms. The first-order valence-electron chi connectivity index (χ1n) is 8.66. The van der Waals surface area contributed by atoms with Crippen LogP contribution in [0.5, 0.6) is 0 Å². The van der Waals surface area contributed by atoms with Gasteiger partial charge in [-0.2, -0.15) is 5.10 Å². The fourth-order valence-electron chi connectivity index (χ4n) is 2.74. The van der Waals surface area contributed by atoms with Crippen molar-refractivity contribution in [3.05, 3.63) is 66.7 Å². The third kappa shape index (κ3) is 4.96. The first-order chi connectivity index (χ1) is 13.1. The summed E-state index contributed by atoms with van der Waals surface area (Å²) in [6.45, 7) is 2.40. The van der Waals surface area contributed by atoms with E-state index >= 15 is 0 Å². The molecule has 3 aromatic rings. The summed E-state index contributed by atoms with van der Waals surface area (Å²) < 4.78 is 1.72. The monoisotopic (exact) mass is 381 g/mol. The maximum Gasteiger partial charge on any atom is 0.238 e. The molecule has 1 N–H and O–H groups in total. The number of likely N-dealkylation sites (N-methyl/N-ethyl adjacent to an activating group) is 1. The average molecular weight is 382 g/mol. The average Bonchev–Trinajstić information content (AvgIpc) is 3.23. The molecule has 0 spiro atoms. The van der Waals surface area contributed by atoms with E-state index in [1.54, 1.807) is 22.8 Å². The summed E-state index contributed by atoms with van der Waals surface area (Å²) in [7, 11) is 1.95. The van der Waals surface area contributed by atoms with Gasteiger partial charge in [-0.05, 0) is 62.2 Å². The van der Waals surface area contributed by atoms with E-state index in [4.69, 9.17) is 0 Å². The Morgan fingerprint density at radius 1 is 1.19 bits per heavy atom. The molecular weight excluding hydrogens is 358 g/mol. The molecule has 1 amide bonds. The van der Waals surface area contributed by atoms with Crippen molar-refractivity contribution in [3.8, 4) is 5.69 Å². The molecule has 3 rings (SSSR count). The Kier molecular flexibility index (Phi) is 6.26. The maximum absolute atomic E-state index is 12.3. The third-order valence-corrected chi connectivity index (χ3v) is 5.23. The molecule has 140 valence electrons. The second-order valence-electron chi connectivity index (χ2n) is 6.30. The summed E-state index contributed by atoms with van der Waals surface area (Å²) in [6.07, 6.45) is 5.21. The fraction of sp³-hybridized carbons (Fsp3) is 0.250. The number of aromatic nitrogens is 3. The molecular formula is C20H23N5OS. The Morgan fingerprint density at radius 2 is 1.89 bits per heavy atom. The Balaban J connectivity index is 1.57. The summed E-state index contributed by atoms with van der Waals surface area (Å²) in [5.74, 6) is -0.0273. The molecule has 1 heterocycles. The highest BCUT2D eigenvalue weighted by atomic mass is 32.2. The first-order valence-corrected chi connectivity index (χ1v) is 9.88. The van der Waals surface area contributed by atoms with E-state index in [9.17, 15) is 4.79 Å². The quantitative estimate of drug-likeness (QED) is 0.633. The van der Waals surface area contributed by atoms with Crippen molar-refractivity contribution < 1.29 is 4.79 Å². The second-order valence-corrected chi connectivity index (χ2v) is 7.18. The van der Waals surface area contributed by atoms with E-state index in [2.05, 4.69) is 34.5 Å². The van der Waals surface area contributed by atoms with Crippen LogP contribution < -0.4 is 5.32 Å². The molecule has 0 fully saturated rings. The zero-order chi connectivity index (χ0) is 19.2. The van der Waals surface area contributed by atoms with Crippen LogP contribution in [0.25, 0.3) is 5.69 Å². The molecule has 7 heteroatoms. The minimum absolute atomic E-state index is 0.0273. The first kappa shape index (κ1) is 19.1. The number of rotatable bonds is 7. The molecule has 0 saturated heterocycles. The van der Waals surface area contributed by atoms with Crippen molar-refractivity contribution in [1.82, 2.24) is 19.7 Å². The Labute approximate surface area is 163 Å². The van der Waals surface area contributed by atoms with Crippen LogP contribution in [0.1, 0.15) is 18.5 Å².